The number of hydrogen-bond donors (Lipinski definition) is 1. The largest absolute Gasteiger partial charge is 0.273 e. The van der Waals surface area contributed by atoms with Crippen LogP contribution in [0.15, 0.2) is 24.3 Å². The van der Waals surface area contributed by atoms with E-state index in [1.165, 1.54) is 6.07 Å². The Labute approximate surface area is 88.7 Å². The lowest BCUT2D eigenvalue weighted by Crippen LogP contribution is -1.97. The summed E-state index contributed by atoms with van der Waals surface area (Å²) >= 11 is 4.36. The van der Waals surface area contributed by atoms with Crippen molar-refractivity contribution in [3.05, 3.63) is 39.9 Å². The first-order valence-electron chi connectivity index (χ1n) is 4.58. The van der Waals surface area contributed by atoms with E-state index in [-0.39, 0.29) is 15.9 Å². The van der Waals surface area contributed by atoms with E-state index < -0.39 is 0 Å². The molecule has 4 heteroatoms. The normalized spacial score (nSPS) is 12.4. The van der Waals surface area contributed by atoms with Crippen molar-refractivity contribution < 1.29 is 4.92 Å². The molecule has 1 rings (SSSR count). The molecule has 0 saturated carbocycles. The predicted octanol–water partition coefficient (Wildman–Crippen LogP) is 3.37. The first-order chi connectivity index (χ1) is 6.66. The Balaban J connectivity index is 3.00. The molecule has 0 fully saturated rings. The smallest absolute Gasteiger partial charge is 0.258 e. The van der Waals surface area contributed by atoms with Gasteiger partial charge in [0.25, 0.3) is 5.69 Å². The third kappa shape index (κ3) is 2.48. The van der Waals surface area contributed by atoms with Crippen LogP contribution in [0.4, 0.5) is 5.69 Å². The number of nitrogens with zero attached hydrogens (tertiary/aromatic N) is 1. The molecule has 1 aromatic carbocycles. The Morgan fingerprint density at radius 2 is 2.14 bits per heavy atom. The molecule has 0 bridgehead atoms. The fourth-order valence-corrected chi connectivity index (χ4v) is 1.84. The van der Waals surface area contributed by atoms with E-state index in [9.17, 15) is 10.1 Å². The van der Waals surface area contributed by atoms with Gasteiger partial charge in [0.2, 0.25) is 0 Å². The summed E-state index contributed by atoms with van der Waals surface area (Å²) in [6.07, 6.45) is 1.83. The monoisotopic (exact) mass is 211 g/mol. The molecule has 0 aromatic heterocycles. The van der Waals surface area contributed by atoms with Gasteiger partial charge in [-0.2, -0.15) is 12.6 Å². The van der Waals surface area contributed by atoms with Crippen LogP contribution in [-0.2, 0) is 0 Å². The van der Waals surface area contributed by atoms with Gasteiger partial charge in [-0.05, 0) is 6.42 Å². The molecular weight excluding hydrogens is 198 g/mol. The van der Waals surface area contributed by atoms with Gasteiger partial charge in [-0.3, -0.25) is 10.1 Å². The SMILES string of the molecule is CCCC(S)c1ccccc1[N+](=O)[O-]. The molecule has 0 aliphatic carbocycles. The van der Waals surface area contributed by atoms with Gasteiger partial charge in [0.1, 0.15) is 0 Å². The number of thiol groups is 1. The van der Waals surface area contributed by atoms with Crippen LogP contribution >= 0.6 is 12.6 Å². The molecule has 76 valence electrons. The summed E-state index contributed by atoms with van der Waals surface area (Å²) in [4.78, 5) is 10.3. The Bertz CT molecular complexity index is 328. The molecule has 1 unspecified atom stereocenters. The highest BCUT2D eigenvalue weighted by atomic mass is 32.1. The molecule has 0 radical (unpaired) electrons. The molecule has 0 aliphatic rings. The zero-order chi connectivity index (χ0) is 10.6. The minimum absolute atomic E-state index is 0.0402. The number of hydrogen-bond acceptors (Lipinski definition) is 3. The van der Waals surface area contributed by atoms with Crippen LogP contribution < -0.4 is 0 Å². The van der Waals surface area contributed by atoms with Crippen LogP contribution in [-0.4, -0.2) is 4.92 Å². The second kappa shape index (κ2) is 5.00. The van der Waals surface area contributed by atoms with Crippen LogP contribution in [0.1, 0.15) is 30.6 Å². The number of rotatable bonds is 4. The number of nitro groups is 1. The van der Waals surface area contributed by atoms with Gasteiger partial charge < -0.3 is 0 Å². The van der Waals surface area contributed by atoms with Crippen molar-refractivity contribution in [3.8, 4) is 0 Å². The molecule has 1 aromatic rings. The number of para-hydroxylation sites is 1. The van der Waals surface area contributed by atoms with Crippen molar-refractivity contribution >= 4 is 18.3 Å². The van der Waals surface area contributed by atoms with Gasteiger partial charge in [-0.15, -0.1) is 0 Å². The van der Waals surface area contributed by atoms with Crippen molar-refractivity contribution in [3.63, 3.8) is 0 Å². The summed E-state index contributed by atoms with van der Waals surface area (Å²) in [5, 5.41) is 10.7. The van der Waals surface area contributed by atoms with Gasteiger partial charge in [0.05, 0.1) is 4.92 Å². The van der Waals surface area contributed by atoms with Gasteiger partial charge in [0, 0.05) is 16.9 Å². The maximum absolute atomic E-state index is 10.7. The minimum Gasteiger partial charge on any atom is -0.258 e. The van der Waals surface area contributed by atoms with Gasteiger partial charge in [-0.1, -0.05) is 31.5 Å². The van der Waals surface area contributed by atoms with Gasteiger partial charge in [0.15, 0.2) is 0 Å². The minimum atomic E-state index is -0.353. The summed E-state index contributed by atoms with van der Waals surface area (Å²) in [6, 6.07) is 6.77. The topological polar surface area (TPSA) is 43.1 Å². The van der Waals surface area contributed by atoms with Crippen LogP contribution in [0, 0.1) is 10.1 Å². The van der Waals surface area contributed by atoms with Crippen molar-refractivity contribution in [1.82, 2.24) is 0 Å². The summed E-state index contributed by atoms with van der Waals surface area (Å²) in [6.45, 7) is 2.04. The quantitative estimate of drug-likeness (QED) is 0.471. The van der Waals surface area contributed by atoms with Crippen molar-refractivity contribution in [1.29, 1.82) is 0 Å². The lowest BCUT2D eigenvalue weighted by atomic mass is 10.1. The summed E-state index contributed by atoms with van der Waals surface area (Å²) in [5.74, 6) is 0. The molecule has 14 heavy (non-hydrogen) atoms. The average Bonchev–Trinajstić information content (AvgIpc) is 2.18. The fraction of sp³-hybridized carbons (Fsp3) is 0.400. The second-order valence-electron chi connectivity index (χ2n) is 3.12. The lowest BCUT2D eigenvalue weighted by Gasteiger charge is -2.09. The predicted molar refractivity (Wildman–Crippen MR) is 59.7 cm³/mol. The van der Waals surface area contributed by atoms with E-state index >= 15 is 0 Å². The highest BCUT2D eigenvalue weighted by molar-refractivity contribution is 7.80. The van der Waals surface area contributed by atoms with Crippen LogP contribution in [0.5, 0.6) is 0 Å². The Morgan fingerprint density at radius 1 is 1.50 bits per heavy atom. The molecule has 0 aliphatic heterocycles. The van der Waals surface area contributed by atoms with E-state index in [4.69, 9.17) is 0 Å². The number of nitro benzene ring substituents is 1. The van der Waals surface area contributed by atoms with Gasteiger partial charge in [-0.25, -0.2) is 0 Å². The maximum Gasteiger partial charge on any atom is 0.273 e. The number of benzene rings is 1. The molecule has 0 heterocycles. The maximum atomic E-state index is 10.7. The highest BCUT2D eigenvalue weighted by Crippen LogP contribution is 2.31. The zero-order valence-corrected chi connectivity index (χ0v) is 8.91. The third-order valence-corrected chi connectivity index (χ3v) is 2.59. The first kappa shape index (κ1) is 11.0. The standard InChI is InChI=1S/C10H13NO2S/c1-2-5-10(14)8-6-3-4-7-9(8)11(12)13/h3-4,6-7,10,14H,2,5H2,1H3. The lowest BCUT2D eigenvalue weighted by molar-refractivity contribution is -0.385. The van der Waals surface area contributed by atoms with Crippen LogP contribution in [0.25, 0.3) is 0 Å². The Hall–Kier alpha value is -1.03. The highest BCUT2D eigenvalue weighted by Gasteiger charge is 2.17. The molecule has 0 saturated heterocycles. The van der Waals surface area contributed by atoms with Crippen molar-refractivity contribution in [2.45, 2.75) is 25.0 Å². The van der Waals surface area contributed by atoms with Crippen LogP contribution in [0.2, 0.25) is 0 Å². The summed E-state index contributed by atoms with van der Waals surface area (Å²) < 4.78 is 0. The Morgan fingerprint density at radius 3 is 2.71 bits per heavy atom. The third-order valence-electron chi connectivity index (χ3n) is 2.05. The van der Waals surface area contributed by atoms with E-state index in [1.807, 2.05) is 6.92 Å². The van der Waals surface area contributed by atoms with Gasteiger partial charge >= 0.3 is 0 Å². The average molecular weight is 211 g/mol. The molecule has 1 atom stereocenters. The molecular formula is C10H13NO2S. The molecule has 0 spiro atoms. The fourth-order valence-electron chi connectivity index (χ4n) is 1.36. The second-order valence-corrected chi connectivity index (χ2v) is 3.74. The van der Waals surface area contributed by atoms with Crippen molar-refractivity contribution in [2.75, 3.05) is 0 Å². The van der Waals surface area contributed by atoms with E-state index in [2.05, 4.69) is 12.6 Å². The van der Waals surface area contributed by atoms with E-state index in [0.717, 1.165) is 12.8 Å². The zero-order valence-electron chi connectivity index (χ0n) is 8.01. The molecule has 0 N–H and O–H groups in total. The Kier molecular flexibility index (Phi) is 3.95. The van der Waals surface area contributed by atoms with E-state index in [0.29, 0.717) is 5.56 Å². The van der Waals surface area contributed by atoms with E-state index in [1.54, 1.807) is 18.2 Å². The molecule has 3 nitrogen and oxygen atoms in total. The summed E-state index contributed by atoms with van der Waals surface area (Å²) in [7, 11) is 0. The summed E-state index contributed by atoms with van der Waals surface area (Å²) in [5.41, 5.74) is 0.878. The van der Waals surface area contributed by atoms with Crippen LogP contribution in [0.3, 0.4) is 0 Å². The first-order valence-corrected chi connectivity index (χ1v) is 5.09. The van der Waals surface area contributed by atoms with Crippen molar-refractivity contribution in [2.24, 2.45) is 0 Å². The molecule has 0 amide bonds.